The van der Waals surface area contributed by atoms with Crippen LogP contribution in [0, 0.1) is 0 Å². The van der Waals surface area contributed by atoms with Gasteiger partial charge in [-0.25, -0.2) is 0 Å². The molecule has 0 aromatic carbocycles. The Bertz CT molecular complexity index is 163. The first-order valence-electron chi connectivity index (χ1n) is 6.18. The molecule has 0 saturated heterocycles. The third-order valence-electron chi connectivity index (χ3n) is 2.29. The quantitative estimate of drug-likeness (QED) is 0.462. The number of hydrogen-bond acceptors (Lipinski definition) is 0. The highest BCUT2D eigenvalue weighted by Crippen LogP contribution is 2.12. The first-order valence-corrected chi connectivity index (χ1v) is 6.18. The van der Waals surface area contributed by atoms with E-state index < -0.39 is 0 Å². The number of rotatable bonds is 8. The summed E-state index contributed by atoms with van der Waals surface area (Å²) in [6.45, 7) is 6.73. The Morgan fingerprint density at radius 3 is 2.14 bits per heavy atom. The lowest BCUT2D eigenvalue weighted by Gasteiger charge is -2.02. The van der Waals surface area contributed by atoms with Crippen LogP contribution in [0.5, 0.6) is 0 Å². The van der Waals surface area contributed by atoms with Crippen molar-refractivity contribution in [2.75, 3.05) is 0 Å². The maximum atomic E-state index is 2.43. The van der Waals surface area contributed by atoms with Crippen molar-refractivity contribution in [3.05, 3.63) is 23.8 Å². The summed E-state index contributed by atoms with van der Waals surface area (Å²) in [5.74, 6) is 0. The van der Waals surface area contributed by atoms with Crippen LogP contribution in [0.1, 0.15) is 65.7 Å². The van der Waals surface area contributed by atoms with Crippen molar-refractivity contribution in [3.63, 3.8) is 0 Å². The predicted octanol–water partition coefficient (Wildman–Crippen LogP) is 5.26. The summed E-state index contributed by atoms with van der Waals surface area (Å²) in [6, 6.07) is 0. The Labute approximate surface area is 90.1 Å². The van der Waals surface area contributed by atoms with Gasteiger partial charge in [0.05, 0.1) is 0 Å². The summed E-state index contributed by atoms with van der Waals surface area (Å²) in [6.07, 6.45) is 15.8. The van der Waals surface area contributed by atoms with E-state index in [0.717, 1.165) is 0 Å². The molecule has 0 bridgehead atoms. The third kappa shape index (κ3) is 8.10. The van der Waals surface area contributed by atoms with Crippen molar-refractivity contribution in [1.82, 2.24) is 0 Å². The Morgan fingerprint density at radius 1 is 0.857 bits per heavy atom. The second-order valence-corrected chi connectivity index (χ2v) is 3.87. The lowest BCUT2D eigenvalue weighted by atomic mass is 10.0. The van der Waals surface area contributed by atoms with Crippen LogP contribution < -0.4 is 0 Å². The molecule has 0 heterocycles. The van der Waals surface area contributed by atoms with Gasteiger partial charge in [-0.2, -0.15) is 0 Å². The Kier molecular flexibility index (Phi) is 10.2. The molecule has 0 heteroatoms. The van der Waals surface area contributed by atoms with E-state index in [9.17, 15) is 0 Å². The van der Waals surface area contributed by atoms with E-state index in [4.69, 9.17) is 0 Å². The van der Waals surface area contributed by atoms with Gasteiger partial charge >= 0.3 is 0 Å². The minimum Gasteiger partial charge on any atom is -0.0882 e. The van der Waals surface area contributed by atoms with E-state index in [1.54, 1.807) is 5.57 Å². The van der Waals surface area contributed by atoms with Crippen molar-refractivity contribution in [3.8, 4) is 0 Å². The molecule has 0 radical (unpaired) electrons. The SMILES string of the molecule is CCCC=CCC(=CCCC)CCC. The summed E-state index contributed by atoms with van der Waals surface area (Å²) < 4.78 is 0. The second-order valence-electron chi connectivity index (χ2n) is 3.87. The molecule has 0 unspecified atom stereocenters. The molecule has 0 aliphatic heterocycles. The van der Waals surface area contributed by atoms with Crippen LogP contribution in [0.2, 0.25) is 0 Å². The van der Waals surface area contributed by atoms with Gasteiger partial charge in [0, 0.05) is 0 Å². The molecule has 82 valence electrons. The zero-order valence-electron chi connectivity index (χ0n) is 10.2. The van der Waals surface area contributed by atoms with Crippen LogP contribution in [0.4, 0.5) is 0 Å². The van der Waals surface area contributed by atoms with E-state index in [0.29, 0.717) is 0 Å². The number of allylic oxidation sites excluding steroid dienone is 4. The van der Waals surface area contributed by atoms with Crippen molar-refractivity contribution in [2.24, 2.45) is 0 Å². The monoisotopic (exact) mass is 194 g/mol. The molecule has 0 spiro atoms. The normalized spacial score (nSPS) is 12.6. The van der Waals surface area contributed by atoms with Gasteiger partial charge in [-0.15, -0.1) is 0 Å². The molecule has 0 saturated carbocycles. The summed E-state index contributed by atoms with van der Waals surface area (Å²) in [5, 5.41) is 0. The van der Waals surface area contributed by atoms with Gasteiger partial charge in [-0.3, -0.25) is 0 Å². The summed E-state index contributed by atoms with van der Waals surface area (Å²) in [4.78, 5) is 0. The molecule has 0 fully saturated rings. The highest BCUT2D eigenvalue weighted by molar-refractivity contribution is 5.07. The van der Waals surface area contributed by atoms with E-state index in [1.165, 1.54) is 44.9 Å². The zero-order chi connectivity index (χ0) is 10.6. The fraction of sp³-hybridized carbons (Fsp3) is 0.714. The number of hydrogen-bond donors (Lipinski definition) is 0. The van der Waals surface area contributed by atoms with Crippen LogP contribution in [0.25, 0.3) is 0 Å². The molecular weight excluding hydrogens is 168 g/mol. The molecule has 0 aliphatic carbocycles. The lowest BCUT2D eigenvalue weighted by Crippen LogP contribution is -1.81. The van der Waals surface area contributed by atoms with E-state index in [2.05, 4.69) is 39.0 Å². The highest BCUT2D eigenvalue weighted by Gasteiger charge is 1.92. The molecule has 0 aromatic rings. The predicted molar refractivity (Wildman–Crippen MR) is 66.6 cm³/mol. The second kappa shape index (κ2) is 10.6. The van der Waals surface area contributed by atoms with Crippen LogP contribution >= 0.6 is 0 Å². The van der Waals surface area contributed by atoms with Gasteiger partial charge in [0.15, 0.2) is 0 Å². The molecule has 0 rings (SSSR count). The molecule has 0 nitrogen and oxygen atoms in total. The fourth-order valence-electron chi connectivity index (χ4n) is 1.48. The van der Waals surface area contributed by atoms with Gasteiger partial charge in [-0.05, 0) is 25.7 Å². The Morgan fingerprint density at radius 2 is 1.57 bits per heavy atom. The highest BCUT2D eigenvalue weighted by atomic mass is 14.0. The molecular formula is C14H26. The van der Waals surface area contributed by atoms with Gasteiger partial charge in [-0.1, -0.05) is 63.8 Å². The topological polar surface area (TPSA) is 0 Å². The molecule has 0 atom stereocenters. The van der Waals surface area contributed by atoms with Gasteiger partial charge < -0.3 is 0 Å². The van der Waals surface area contributed by atoms with Crippen LogP contribution in [0.15, 0.2) is 23.8 Å². The minimum atomic E-state index is 1.17. The molecule has 0 aliphatic rings. The zero-order valence-corrected chi connectivity index (χ0v) is 10.2. The van der Waals surface area contributed by atoms with Crippen LogP contribution in [-0.2, 0) is 0 Å². The Hall–Kier alpha value is -0.520. The first kappa shape index (κ1) is 13.5. The largest absolute Gasteiger partial charge is 0.0882 e. The average Bonchev–Trinajstić information content (AvgIpc) is 2.20. The van der Waals surface area contributed by atoms with Crippen molar-refractivity contribution >= 4 is 0 Å². The van der Waals surface area contributed by atoms with E-state index in [1.807, 2.05) is 0 Å². The van der Waals surface area contributed by atoms with Gasteiger partial charge in [0.1, 0.15) is 0 Å². The van der Waals surface area contributed by atoms with E-state index >= 15 is 0 Å². The molecule has 0 aromatic heterocycles. The van der Waals surface area contributed by atoms with Gasteiger partial charge in [0.2, 0.25) is 0 Å². The third-order valence-corrected chi connectivity index (χ3v) is 2.29. The minimum absolute atomic E-state index is 1.17. The number of unbranched alkanes of at least 4 members (excludes halogenated alkanes) is 2. The summed E-state index contributed by atoms with van der Waals surface area (Å²) in [7, 11) is 0. The van der Waals surface area contributed by atoms with Crippen molar-refractivity contribution < 1.29 is 0 Å². The van der Waals surface area contributed by atoms with Crippen molar-refractivity contribution in [2.45, 2.75) is 65.7 Å². The van der Waals surface area contributed by atoms with Crippen LogP contribution in [0.3, 0.4) is 0 Å². The smallest absolute Gasteiger partial charge is 0.0139 e. The van der Waals surface area contributed by atoms with Crippen LogP contribution in [-0.4, -0.2) is 0 Å². The maximum absolute atomic E-state index is 2.43. The molecule has 0 N–H and O–H groups in total. The fourth-order valence-corrected chi connectivity index (χ4v) is 1.48. The summed E-state index contributed by atoms with van der Waals surface area (Å²) in [5.41, 5.74) is 1.63. The van der Waals surface area contributed by atoms with E-state index in [-0.39, 0.29) is 0 Å². The molecule has 14 heavy (non-hydrogen) atoms. The van der Waals surface area contributed by atoms with Crippen molar-refractivity contribution in [1.29, 1.82) is 0 Å². The van der Waals surface area contributed by atoms with Gasteiger partial charge in [0.25, 0.3) is 0 Å². The average molecular weight is 194 g/mol. The lowest BCUT2D eigenvalue weighted by molar-refractivity contribution is 0.851. The molecule has 0 amide bonds. The first-order chi connectivity index (χ1) is 6.85. The standard InChI is InChI=1S/C14H26/c1-4-7-9-10-13-14(11-6-3)12-8-5-2/h9-10,12H,4-8,11,13H2,1-3H3. The Balaban J connectivity index is 3.83. The maximum Gasteiger partial charge on any atom is -0.0139 e. The summed E-state index contributed by atoms with van der Waals surface area (Å²) >= 11 is 0.